The van der Waals surface area contributed by atoms with E-state index in [1.807, 2.05) is 12.1 Å². The first kappa shape index (κ1) is 19.0. The number of rotatable bonds is 2. The molecule has 2 bridgehead atoms. The number of aromatic hydroxyl groups is 1. The number of aromatic nitrogens is 1. The van der Waals surface area contributed by atoms with Crippen LogP contribution in [-0.2, 0) is 9.53 Å². The molecule has 3 unspecified atom stereocenters. The van der Waals surface area contributed by atoms with Gasteiger partial charge in [0.1, 0.15) is 17.9 Å². The van der Waals surface area contributed by atoms with Crippen molar-refractivity contribution in [3.8, 4) is 5.75 Å². The molecule has 1 aromatic carbocycles. The van der Waals surface area contributed by atoms with Gasteiger partial charge < -0.3 is 14.8 Å². The van der Waals surface area contributed by atoms with Crippen molar-refractivity contribution in [1.82, 2.24) is 9.88 Å². The van der Waals surface area contributed by atoms with E-state index in [0.717, 1.165) is 48.9 Å². The summed E-state index contributed by atoms with van der Waals surface area (Å²) < 4.78 is 6.34. The number of phenolic OH excluding ortho intramolecular Hbond substituents is 1. The van der Waals surface area contributed by atoms with Crippen molar-refractivity contribution in [3.05, 3.63) is 29.5 Å². The number of ether oxygens (including phenoxy) is 1. The fourth-order valence-corrected chi connectivity index (χ4v) is 6.40. The zero-order valence-corrected chi connectivity index (χ0v) is 17.9. The number of nitrogens with zero attached hydrogens (tertiary/aromatic N) is 1. The highest BCUT2D eigenvalue weighted by molar-refractivity contribution is 5.90. The summed E-state index contributed by atoms with van der Waals surface area (Å²) in [6.45, 7) is 10.7. The molecule has 2 fully saturated rings. The first-order valence-corrected chi connectivity index (χ1v) is 11.0. The van der Waals surface area contributed by atoms with Crippen molar-refractivity contribution in [1.29, 1.82) is 0 Å². The smallest absolute Gasteiger partial charge is 0.329 e. The molecule has 3 aliphatic rings. The summed E-state index contributed by atoms with van der Waals surface area (Å²) in [5, 5.41) is 11.1. The van der Waals surface area contributed by atoms with Gasteiger partial charge in [-0.05, 0) is 49.6 Å². The normalized spacial score (nSPS) is 30.3. The quantitative estimate of drug-likeness (QED) is 0.711. The minimum Gasteiger partial charge on any atom is -0.508 e. The van der Waals surface area contributed by atoms with Crippen LogP contribution in [0.15, 0.2) is 18.2 Å². The summed E-state index contributed by atoms with van der Waals surface area (Å²) in [7, 11) is 0. The van der Waals surface area contributed by atoms with Crippen LogP contribution in [0.1, 0.15) is 76.6 Å². The Kier molecular flexibility index (Phi) is 4.09. The minimum atomic E-state index is -0.383. The molecule has 1 saturated carbocycles. The summed E-state index contributed by atoms with van der Waals surface area (Å²) in [5.74, 6) is 0.548. The lowest BCUT2D eigenvalue weighted by atomic mass is 9.63. The molecular weight excluding hydrogens is 364 g/mol. The zero-order chi connectivity index (χ0) is 20.6. The van der Waals surface area contributed by atoms with E-state index in [0.29, 0.717) is 5.92 Å². The van der Waals surface area contributed by atoms with Gasteiger partial charge in [0, 0.05) is 39.9 Å². The van der Waals surface area contributed by atoms with E-state index in [1.54, 1.807) is 6.07 Å². The van der Waals surface area contributed by atoms with Gasteiger partial charge in [-0.2, -0.15) is 0 Å². The van der Waals surface area contributed by atoms with Crippen molar-refractivity contribution in [3.63, 3.8) is 0 Å². The second kappa shape index (κ2) is 6.24. The number of fused-ring (bicyclic) bond motifs is 6. The van der Waals surface area contributed by atoms with Gasteiger partial charge in [0.2, 0.25) is 0 Å². The Morgan fingerprint density at radius 1 is 1.21 bits per heavy atom. The standard InChI is InChI=1S/C24H32N2O3/c1-23(2)9-5-10-24(3,4)22(23)29-21(28)20-19-18(14-8-11-26(20)13-14)16-12-15(27)6-7-17(16)25-19/h6-7,12,14,20,22,25,27H,5,8-11,13H2,1-4H3. The Labute approximate surface area is 172 Å². The van der Waals surface area contributed by atoms with Crippen molar-refractivity contribution in [2.24, 2.45) is 10.8 Å². The fraction of sp³-hybridized carbons (Fsp3) is 0.625. The average Bonchev–Trinajstić information content (AvgIpc) is 3.20. The number of carbonyl (C=O) groups is 1. The molecule has 2 N–H and O–H groups in total. The Bertz CT molecular complexity index is 958. The molecule has 5 nitrogen and oxygen atoms in total. The van der Waals surface area contributed by atoms with E-state index in [2.05, 4.69) is 37.6 Å². The van der Waals surface area contributed by atoms with Crippen LogP contribution in [0.25, 0.3) is 10.9 Å². The van der Waals surface area contributed by atoms with E-state index < -0.39 is 0 Å². The van der Waals surface area contributed by atoms with Crippen molar-refractivity contribution >= 4 is 16.9 Å². The summed E-state index contributed by atoms with van der Waals surface area (Å²) >= 11 is 0. The molecule has 29 heavy (non-hydrogen) atoms. The number of H-pyrrole nitrogens is 1. The molecule has 5 heteroatoms. The number of nitrogens with one attached hydrogen (secondary N) is 1. The highest BCUT2D eigenvalue weighted by Gasteiger charge is 2.50. The number of esters is 1. The molecule has 2 aromatic rings. The predicted molar refractivity (Wildman–Crippen MR) is 113 cm³/mol. The Morgan fingerprint density at radius 2 is 1.93 bits per heavy atom. The van der Waals surface area contributed by atoms with E-state index in [9.17, 15) is 9.90 Å². The van der Waals surface area contributed by atoms with Crippen molar-refractivity contribution in [2.75, 3.05) is 13.1 Å². The van der Waals surface area contributed by atoms with E-state index in [-0.39, 0.29) is 34.7 Å². The van der Waals surface area contributed by atoms with Gasteiger partial charge in [0.05, 0.1) is 0 Å². The molecule has 0 amide bonds. The van der Waals surface area contributed by atoms with Gasteiger partial charge in [-0.25, -0.2) is 4.79 Å². The molecule has 1 saturated heterocycles. The molecule has 3 atom stereocenters. The molecule has 0 spiro atoms. The van der Waals surface area contributed by atoms with Gasteiger partial charge in [0.25, 0.3) is 0 Å². The van der Waals surface area contributed by atoms with Crippen LogP contribution in [0.2, 0.25) is 0 Å². The Balaban J connectivity index is 1.53. The maximum atomic E-state index is 13.6. The predicted octanol–water partition coefficient (Wildman–Crippen LogP) is 4.87. The van der Waals surface area contributed by atoms with Crippen LogP contribution in [0.3, 0.4) is 0 Å². The number of phenols is 1. The minimum absolute atomic E-state index is 0.0192. The third-order valence-corrected chi connectivity index (χ3v) is 7.64. The van der Waals surface area contributed by atoms with Gasteiger partial charge >= 0.3 is 5.97 Å². The molecular formula is C24H32N2O3. The average molecular weight is 397 g/mol. The van der Waals surface area contributed by atoms with E-state index >= 15 is 0 Å². The van der Waals surface area contributed by atoms with Gasteiger partial charge in [0.15, 0.2) is 0 Å². The lowest BCUT2D eigenvalue weighted by Crippen LogP contribution is -2.50. The molecule has 1 aromatic heterocycles. The van der Waals surface area contributed by atoms with Crippen LogP contribution in [-0.4, -0.2) is 40.2 Å². The summed E-state index contributed by atoms with van der Waals surface area (Å²) in [4.78, 5) is 19.4. The number of hydrogen-bond donors (Lipinski definition) is 2. The van der Waals surface area contributed by atoms with Crippen LogP contribution in [0.5, 0.6) is 5.75 Å². The number of carbonyl (C=O) groups excluding carboxylic acids is 1. The van der Waals surface area contributed by atoms with Gasteiger partial charge in [-0.3, -0.25) is 4.90 Å². The Hall–Kier alpha value is -2.01. The maximum absolute atomic E-state index is 13.6. The highest BCUT2D eigenvalue weighted by atomic mass is 16.5. The van der Waals surface area contributed by atoms with Crippen LogP contribution in [0, 0.1) is 10.8 Å². The SMILES string of the molecule is CC1(C)CCCC(C)(C)C1OC(=O)C1c2[nH]c3ccc(O)cc3c2C2CCN1C2. The molecule has 2 aliphatic heterocycles. The molecule has 156 valence electrons. The second-order valence-corrected chi connectivity index (χ2v) is 10.7. The fourth-order valence-electron chi connectivity index (χ4n) is 6.40. The maximum Gasteiger partial charge on any atom is 0.329 e. The van der Waals surface area contributed by atoms with E-state index in [4.69, 9.17) is 4.74 Å². The van der Waals surface area contributed by atoms with Crippen molar-refractivity contribution in [2.45, 2.75) is 71.4 Å². The number of hydrogen-bond acceptors (Lipinski definition) is 4. The summed E-state index contributed by atoms with van der Waals surface area (Å²) in [5.41, 5.74) is 3.12. The first-order valence-electron chi connectivity index (χ1n) is 11.0. The third-order valence-electron chi connectivity index (χ3n) is 7.64. The monoisotopic (exact) mass is 396 g/mol. The van der Waals surface area contributed by atoms with Crippen LogP contribution < -0.4 is 0 Å². The van der Waals surface area contributed by atoms with Crippen molar-refractivity contribution < 1.29 is 14.6 Å². The van der Waals surface area contributed by atoms with Gasteiger partial charge in [-0.15, -0.1) is 0 Å². The van der Waals surface area contributed by atoms with E-state index in [1.165, 1.54) is 12.0 Å². The number of aromatic amines is 1. The lowest BCUT2D eigenvalue weighted by molar-refractivity contribution is -0.178. The third kappa shape index (κ3) is 2.89. The first-order chi connectivity index (χ1) is 13.7. The van der Waals surface area contributed by atoms with Crippen LogP contribution in [0.4, 0.5) is 0 Å². The Morgan fingerprint density at radius 3 is 2.66 bits per heavy atom. The molecule has 0 radical (unpaired) electrons. The van der Waals surface area contributed by atoms with Gasteiger partial charge in [-0.1, -0.05) is 34.1 Å². The molecule has 5 rings (SSSR count). The lowest BCUT2D eigenvalue weighted by Gasteiger charge is -2.48. The molecule has 3 heterocycles. The highest BCUT2D eigenvalue weighted by Crippen LogP contribution is 2.50. The topological polar surface area (TPSA) is 65.6 Å². The second-order valence-electron chi connectivity index (χ2n) is 10.7. The summed E-state index contributed by atoms with van der Waals surface area (Å²) in [6.07, 6.45) is 4.30. The largest absolute Gasteiger partial charge is 0.508 e. The zero-order valence-electron chi connectivity index (χ0n) is 17.9. The number of benzene rings is 1. The molecule has 1 aliphatic carbocycles. The summed E-state index contributed by atoms with van der Waals surface area (Å²) in [6, 6.07) is 5.05. The van der Waals surface area contributed by atoms with Crippen LogP contribution >= 0.6 is 0 Å².